The van der Waals surface area contributed by atoms with Crippen LogP contribution in [0.2, 0.25) is 0 Å². The number of terminal acetylenes is 1. The molecule has 0 bridgehead atoms. The molecule has 0 aromatic heterocycles. The summed E-state index contributed by atoms with van der Waals surface area (Å²) in [7, 11) is 0. The lowest BCUT2D eigenvalue weighted by atomic mass is 10.1. The van der Waals surface area contributed by atoms with Gasteiger partial charge in [-0.2, -0.15) is 0 Å². The summed E-state index contributed by atoms with van der Waals surface area (Å²) >= 11 is 0. The van der Waals surface area contributed by atoms with Crippen molar-refractivity contribution in [1.29, 1.82) is 0 Å². The van der Waals surface area contributed by atoms with Crippen LogP contribution >= 0.6 is 0 Å². The van der Waals surface area contributed by atoms with Crippen molar-refractivity contribution in [2.24, 2.45) is 5.73 Å². The van der Waals surface area contributed by atoms with Crippen LogP contribution in [-0.2, 0) is 4.79 Å². The summed E-state index contributed by atoms with van der Waals surface area (Å²) < 4.78 is 0. The van der Waals surface area contributed by atoms with Crippen LogP contribution in [0, 0.1) is 12.3 Å². The zero-order chi connectivity index (χ0) is 12.8. The minimum atomic E-state index is -0.532. The van der Waals surface area contributed by atoms with Gasteiger partial charge in [0.05, 0.1) is 6.04 Å². The molecule has 1 heterocycles. The highest BCUT2D eigenvalue weighted by Gasteiger charge is 2.25. The lowest BCUT2D eigenvalue weighted by Crippen LogP contribution is -2.54. The van der Waals surface area contributed by atoms with Crippen LogP contribution in [0.15, 0.2) is 0 Å². The Labute approximate surface area is 104 Å². The zero-order valence-corrected chi connectivity index (χ0v) is 10.9. The minimum absolute atomic E-state index is 0.00764. The molecule has 2 unspecified atom stereocenters. The first kappa shape index (κ1) is 14.0. The van der Waals surface area contributed by atoms with E-state index >= 15 is 0 Å². The average molecular weight is 237 g/mol. The summed E-state index contributed by atoms with van der Waals surface area (Å²) in [6, 6.07) is 0.0572. The summed E-state index contributed by atoms with van der Waals surface area (Å²) in [6.45, 7) is 7.81. The summed E-state index contributed by atoms with van der Waals surface area (Å²) in [5, 5.41) is 0. The van der Waals surface area contributed by atoms with E-state index in [4.69, 9.17) is 12.2 Å². The molecular weight excluding hydrogens is 214 g/mol. The van der Waals surface area contributed by atoms with E-state index in [1.807, 2.05) is 4.90 Å². The van der Waals surface area contributed by atoms with Gasteiger partial charge < -0.3 is 10.6 Å². The van der Waals surface area contributed by atoms with E-state index in [2.05, 4.69) is 24.7 Å². The Bertz CT molecular complexity index is 290. The Balaban J connectivity index is 2.41. The number of hydrogen-bond donors (Lipinski definition) is 1. The van der Waals surface area contributed by atoms with Crippen LogP contribution < -0.4 is 5.73 Å². The third kappa shape index (κ3) is 3.72. The molecule has 0 aromatic carbocycles. The van der Waals surface area contributed by atoms with Gasteiger partial charge in [0.1, 0.15) is 0 Å². The topological polar surface area (TPSA) is 49.6 Å². The third-order valence-electron chi connectivity index (χ3n) is 3.50. The SMILES string of the molecule is C#CCC(N)C(=O)N1CCN(C(C)CC)CC1. The first-order chi connectivity index (χ1) is 8.10. The fourth-order valence-corrected chi connectivity index (χ4v) is 2.09. The molecule has 1 fully saturated rings. The molecule has 17 heavy (non-hydrogen) atoms. The van der Waals surface area contributed by atoms with Crippen molar-refractivity contribution >= 4 is 5.91 Å². The largest absolute Gasteiger partial charge is 0.339 e. The molecule has 1 aliphatic heterocycles. The van der Waals surface area contributed by atoms with Gasteiger partial charge in [0.15, 0.2) is 0 Å². The fourth-order valence-electron chi connectivity index (χ4n) is 2.09. The number of carbonyl (C=O) groups excluding carboxylic acids is 1. The molecule has 1 rings (SSSR count). The molecule has 2 N–H and O–H groups in total. The second-order valence-electron chi connectivity index (χ2n) is 4.63. The first-order valence-electron chi connectivity index (χ1n) is 6.32. The molecule has 0 radical (unpaired) electrons. The molecule has 0 spiro atoms. The van der Waals surface area contributed by atoms with Crippen LogP contribution in [0.3, 0.4) is 0 Å². The van der Waals surface area contributed by atoms with E-state index in [1.54, 1.807) is 0 Å². The maximum Gasteiger partial charge on any atom is 0.240 e. The summed E-state index contributed by atoms with van der Waals surface area (Å²) in [4.78, 5) is 16.2. The van der Waals surface area contributed by atoms with E-state index in [1.165, 1.54) is 0 Å². The maximum absolute atomic E-state index is 11.9. The molecule has 2 atom stereocenters. The quantitative estimate of drug-likeness (QED) is 0.715. The van der Waals surface area contributed by atoms with E-state index < -0.39 is 6.04 Å². The number of nitrogens with two attached hydrogens (primary N) is 1. The molecule has 0 aromatic rings. The predicted octanol–water partition coefficient (Wildman–Crippen LogP) is 0.280. The van der Waals surface area contributed by atoms with Gasteiger partial charge in [0, 0.05) is 38.6 Å². The van der Waals surface area contributed by atoms with E-state index in [9.17, 15) is 4.79 Å². The van der Waals surface area contributed by atoms with Gasteiger partial charge in [0.25, 0.3) is 0 Å². The monoisotopic (exact) mass is 237 g/mol. The van der Waals surface area contributed by atoms with Gasteiger partial charge in [-0.25, -0.2) is 0 Å². The van der Waals surface area contributed by atoms with Crippen LogP contribution in [0.25, 0.3) is 0 Å². The van der Waals surface area contributed by atoms with Crippen molar-refractivity contribution < 1.29 is 4.79 Å². The van der Waals surface area contributed by atoms with Crippen LogP contribution in [0.1, 0.15) is 26.7 Å². The van der Waals surface area contributed by atoms with Crippen molar-refractivity contribution in [3.63, 3.8) is 0 Å². The van der Waals surface area contributed by atoms with Gasteiger partial charge >= 0.3 is 0 Å². The molecule has 4 nitrogen and oxygen atoms in total. The Morgan fingerprint density at radius 2 is 2.00 bits per heavy atom. The van der Waals surface area contributed by atoms with E-state index in [0.29, 0.717) is 12.5 Å². The molecule has 1 saturated heterocycles. The normalized spacial score (nSPS) is 20.7. The number of rotatable bonds is 4. The molecular formula is C13H23N3O. The second-order valence-corrected chi connectivity index (χ2v) is 4.63. The second kappa shape index (κ2) is 6.63. The van der Waals surface area contributed by atoms with Crippen molar-refractivity contribution in [3.8, 4) is 12.3 Å². The van der Waals surface area contributed by atoms with Gasteiger partial charge in [-0.1, -0.05) is 6.92 Å². The number of hydrogen-bond acceptors (Lipinski definition) is 3. The van der Waals surface area contributed by atoms with E-state index in [-0.39, 0.29) is 5.91 Å². The van der Waals surface area contributed by atoms with Gasteiger partial charge in [-0.05, 0) is 13.3 Å². The number of piperazine rings is 1. The third-order valence-corrected chi connectivity index (χ3v) is 3.50. The fraction of sp³-hybridized carbons (Fsp3) is 0.769. The molecule has 1 aliphatic rings. The van der Waals surface area contributed by atoms with Crippen molar-refractivity contribution in [2.75, 3.05) is 26.2 Å². The number of amides is 1. The summed E-state index contributed by atoms with van der Waals surface area (Å²) in [6.07, 6.45) is 6.63. The molecule has 96 valence electrons. The summed E-state index contributed by atoms with van der Waals surface area (Å²) in [5.41, 5.74) is 5.73. The molecule has 4 heteroatoms. The van der Waals surface area contributed by atoms with Gasteiger partial charge in [-0.3, -0.25) is 9.69 Å². The van der Waals surface area contributed by atoms with Gasteiger partial charge in [-0.15, -0.1) is 12.3 Å². The lowest BCUT2D eigenvalue weighted by Gasteiger charge is -2.38. The average Bonchev–Trinajstić information content (AvgIpc) is 2.37. The minimum Gasteiger partial charge on any atom is -0.339 e. The highest BCUT2D eigenvalue weighted by atomic mass is 16.2. The maximum atomic E-state index is 11.9. The van der Waals surface area contributed by atoms with Crippen molar-refractivity contribution in [1.82, 2.24) is 9.80 Å². The highest BCUT2D eigenvalue weighted by Crippen LogP contribution is 2.09. The lowest BCUT2D eigenvalue weighted by molar-refractivity contribution is -0.134. The zero-order valence-electron chi connectivity index (χ0n) is 10.9. The first-order valence-corrected chi connectivity index (χ1v) is 6.32. The molecule has 0 aliphatic carbocycles. The smallest absolute Gasteiger partial charge is 0.240 e. The van der Waals surface area contributed by atoms with E-state index in [0.717, 1.165) is 32.6 Å². The Morgan fingerprint density at radius 1 is 1.41 bits per heavy atom. The van der Waals surface area contributed by atoms with Crippen molar-refractivity contribution in [2.45, 2.75) is 38.8 Å². The van der Waals surface area contributed by atoms with Crippen LogP contribution in [0.5, 0.6) is 0 Å². The van der Waals surface area contributed by atoms with Gasteiger partial charge in [0.2, 0.25) is 5.91 Å². The Hall–Kier alpha value is -1.05. The Kier molecular flexibility index (Phi) is 5.46. The highest BCUT2D eigenvalue weighted by molar-refractivity contribution is 5.82. The standard InChI is InChI=1S/C13H23N3O/c1-4-6-12(14)13(17)16-9-7-15(8-10-16)11(3)5-2/h1,11-12H,5-10,14H2,2-3H3. The number of carbonyl (C=O) groups is 1. The predicted molar refractivity (Wildman–Crippen MR) is 69.3 cm³/mol. The van der Waals surface area contributed by atoms with Crippen molar-refractivity contribution in [3.05, 3.63) is 0 Å². The number of nitrogens with zero attached hydrogens (tertiary/aromatic N) is 2. The summed E-state index contributed by atoms with van der Waals surface area (Å²) in [5.74, 6) is 2.43. The molecule has 0 saturated carbocycles. The van der Waals surface area contributed by atoms with Crippen LogP contribution in [0.4, 0.5) is 0 Å². The van der Waals surface area contributed by atoms with Crippen LogP contribution in [-0.4, -0.2) is 54.0 Å². The molecule has 1 amide bonds. The Morgan fingerprint density at radius 3 is 2.47 bits per heavy atom.